The highest BCUT2D eigenvalue weighted by Crippen LogP contribution is 2.17. The third-order valence-corrected chi connectivity index (χ3v) is 6.86. The van der Waals surface area contributed by atoms with Gasteiger partial charge in [0.2, 0.25) is 10.0 Å². The van der Waals surface area contributed by atoms with Crippen LogP contribution in [0.1, 0.15) is 6.92 Å². The summed E-state index contributed by atoms with van der Waals surface area (Å²) in [6, 6.07) is 5.60. The number of ether oxygens (including phenoxy) is 1. The second kappa shape index (κ2) is 9.84. The second-order valence-electron chi connectivity index (χ2n) is 6.29. The molecular weight excluding hydrogens is 434 g/mol. The quantitative estimate of drug-likeness (QED) is 0.407. The van der Waals surface area contributed by atoms with E-state index in [-0.39, 0.29) is 43.4 Å². The number of hydrogen-bond donors (Lipinski definition) is 2. The van der Waals surface area contributed by atoms with Gasteiger partial charge in [0.25, 0.3) is 10.0 Å². The molecule has 0 atom stereocenters. The number of piperazine rings is 1. The third kappa shape index (κ3) is 6.38. The summed E-state index contributed by atoms with van der Waals surface area (Å²) in [7, 11) is -7.38. The van der Waals surface area contributed by atoms with Gasteiger partial charge >= 0.3 is 5.97 Å². The lowest BCUT2D eigenvalue weighted by molar-refractivity contribution is -0.134. The fourth-order valence-electron chi connectivity index (χ4n) is 2.66. The van der Waals surface area contributed by atoms with Gasteiger partial charge in [0.1, 0.15) is 18.1 Å². The van der Waals surface area contributed by atoms with E-state index in [0.29, 0.717) is 5.75 Å². The number of rotatable bonds is 8. The summed E-state index contributed by atoms with van der Waals surface area (Å²) < 4.78 is 56.8. The molecule has 0 aromatic heterocycles. The van der Waals surface area contributed by atoms with Gasteiger partial charge in [-0.05, 0) is 31.2 Å². The van der Waals surface area contributed by atoms with Crippen LogP contribution in [-0.4, -0.2) is 76.2 Å². The molecule has 1 heterocycles. The second-order valence-corrected chi connectivity index (χ2v) is 9.99. The number of nitrogens with zero attached hydrogens (tertiary/aromatic N) is 2. The number of carboxylic acids is 1. The monoisotopic (exact) mass is 457 g/mol. The van der Waals surface area contributed by atoms with Crippen LogP contribution in [0.15, 0.2) is 41.1 Å². The zero-order valence-corrected chi connectivity index (χ0v) is 18.2. The fraction of sp³-hybridized carbons (Fsp3) is 0.389. The highest BCUT2D eigenvalue weighted by atomic mass is 32.2. The van der Waals surface area contributed by atoms with E-state index >= 15 is 0 Å². The Morgan fingerprint density at radius 1 is 1.17 bits per heavy atom. The number of nitrogens with one attached hydrogen (secondary N) is 1. The molecule has 0 bridgehead atoms. The lowest BCUT2D eigenvalue weighted by Gasteiger charge is -2.34. The van der Waals surface area contributed by atoms with Crippen LogP contribution in [0.3, 0.4) is 0 Å². The molecule has 1 aliphatic rings. The van der Waals surface area contributed by atoms with Gasteiger partial charge in [-0.2, -0.15) is 4.31 Å². The first-order chi connectivity index (χ1) is 14.0. The molecule has 1 aromatic rings. The van der Waals surface area contributed by atoms with Crippen molar-refractivity contribution in [2.45, 2.75) is 11.8 Å². The van der Waals surface area contributed by atoms with Crippen LogP contribution >= 0.6 is 0 Å². The average Bonchev–Trinajstić information content (AvgIpc) is 2.68. The number of sulfonamides is 2. The SMILES string of the molecule is CC#CCOc1ccc(S(=O)(=O)N/C=C(/C(=O)O)N2CCN(S(C)(=O)=O)CC2)cc1. The molecule has 0 amide bonds. The Morgan fingerprint density at radius 2 is 1.77 bits per heavy atom. The maximum atomic E-state index is 12.5. The van der Waals surface area contributed by atoms with Crippen molar-refractivity contribution < 1.29 is 31.5 Å². The molecule has 2 rings (SSSR count). The Morgan fingerprint density at radius 3 is 2.27 bits per heavy atom. The minimum Gasteiger partial charge on any atom is -0.481 e. The molecule has 12 heteroatoms. The Labute approximate surface area is 176 Å². The summed E-state index contributed by atoms with van der Waals surface area (Å²) >= 11 is 0. The Hall–Kier alpha value is -2.75. The van der Waals surface area contributed by atoms with E-state index in [9.17, 15) is 26.7 Å². The van der Waals surface area contributed by atoms with Crippen LogP contribution in [-0.2, 0) is 24.8 Å². The molecule has 0 radical (unpaired) electrons. The average molecular weight is 458 g/mol. The third-order valence-electron chi connectivity index (χ3n) is 4.24. The van der Waals surface area contributed by atoms with Gasteiger partial charge in [-0.25, -0.2) is 21.6 Å². The number of aliphatic carboxylic acids is 1. The van der Waals surface area contributed by atoms with Gasteiger partial charge in [-0.15, -0.1) is 5.92 Å². The van der Waals surface area contributed by atoms with Gasteiger partial charge in [0.15, 0.2) is 0 Å². The van der Waals surface area contributed by atoms with Gasteiger partial charge in [0, 0.05) is 32.4 Å². The molecule has 1 aromatic carbocycles. The topological polar surface area (TPSA) is 133 Å². The van der Waals surface area contributed by atoms with Gasteiger partial charge < -0.3 is 14.7 Å². The van der Waals surface area contributed by atoms with Gasteiger partial charge in [-0.3, -0.25) is 4.72 Å². The standard InChI is InChI=1S/C18H23N3O7S2/c1-3-4-13-28-15-5-7-16(8-6-15)30(26,27)19-14-17(18(22)23)20-9-11-21(12-10-20)29(2,24)25/h5-8,14,19H,9-13H2,1-2H3,(H,22,23)/b17-14-. The Balaban J connectivity index is 2.09. The molecule has 2 N–H and O–H groups in total. The van der Waals surface area contributed by atoms with Crippen LogP contribution in [0, 0.1) is 11.8 Å². The maximum Gasteiger partial charge on any atom is 0.353 e. The van der Waals surface area contributed by atoms with Crippen molar-refractivity contribution in [1.29, 1.82) is 0 Å². The van der Waals surface area contributed by atoms with E-state index in [1.807, 2.05) is 0 Å². The lowest BCUT2D eigenvalue weighted by Crippen LogP contribution is -2.49. The highest BCUT2D eigenvalue weighted by molar-refractivity contribution is 7.89. The van der Waals surface area contributed by atoms with Crippen molar-refractivity contribution >= 4 is 26.0 Å². The molecular formula is C18H23N3O7S2. The molecule has 0 spiro atoms. The summed E-state index contributed by atoms with van der Waals surface area (Å²) in [5.74, 6) is 4.51. The van der Waals surface area contributed by atoms with Crippen molar-refractivity contribution in [2.75, 3.05) is 39.0 Å². The Bertz CT molecular complexity index is 1060. The number of carbonyl (C=O) groups is 1. The summed E-state index contributed by atoms with van der Waals surface area (Å²) in [5, 5.41) is 9.45. The van der Waals surface area contributed by atoms with Crippen molar-refractivity contribution in [3.05, 3.63) is 36.2 Å². The largest absolute Gasteiger partial charge is 0.481 e. The van der Waals surface area contributed by atoms with E-state index in [1.54, 1.807) is 6.92 Å². The Kier molecular flexibility index (Phi) is 7.71. The first-order valence-corrected chi connectivity index (χ1v) is 12.2. The first-order valence-electron chi connectivity index (χ1n) is 8.83. The number of carboxylic acid groups (broad SMARTS) is 1. The summed E-state index contributed by atoms with van der Waals surface area (Å²) in [5.41, 5.74) is -0.273. The molecule has 30 heavy (non-hydrogen) atoms. The molecule has 0 saturated carbocycles. The van der Waals surface area contributed by atoms with Crippen LogP contribution in [0.25, 0.3) is 0 Å². The van der Waals surface area contributed by atoms with E-state index in [2.05, 4.69) is 16.6 Å². The van der Waals surface area contributed by atoms with Crippen molar-refractivity contribution in [2.24, 2.45) is 0 Å². The normalized spacial score (nSPS) is 15.8. The molecule has 0 aliphatic carbocycles. The van der Waals surface area contributed by atoms with Crippen LogP contribution in [0.5, 0.6) is 5.75 Å². The zero-order valence-electron chi connectivity index (χ0n) is 16.5. The molecule has 1 aliphatic heterocycles. The molecule has 164 valence electrons. The van der Waals surface area contributed by atoms with Gasteiger partial charge in [0.05, 0.1) is 11.2 Å². The molecule has 1 fully saturated rings. The zero-order chi connectivity index (χ0) is 22.4. The van der Waals surface area contributed by atoms with Crippen molar-refractivity contribution in [3.63, 3.8) is 0 Å². The maximum absolute atomic E-state index is 12.5. The van der Waals surface area contributed by atoms with Crippen LogP contribution < -0.4 is 9.46 Å². The fourth-order valence-corrected chi connectivity index (χ4v) is 4.38. The van der Waals surface area contributed by atoms with E-state index in [4.69, 9.17) is 4.74 Å². The summed E-state index contributed by atoms with van der Waals surface area (Å²) in [6.45, 7) is 2.33. The number of hydrogen-bond acceptors (Lipinski definition) is 7. The molecule has 0 unspecified atom stereocenters. The minimum absolute atomic E-state index is 0.0701. The van der Waals surface area contributed by atoms with E-state index < -0.39 is 26.0 Å². The predicted molar refractivity (Wildman–Crippen MR) is 109 cm³/mol. The first kappa shape index (κ1) is 23.5. The smallest absolute Gasteiger partial charge is 0.353 e. The minimum atomic E-state index is -4.01. The predicted octanol–water partition coefficient (Wildman–Crippen LogP) is -0.130. The number of benzene rings is 1. The van der Waals surface area contributed by atoms with E-state index in [0.717, 1.165) is 12.5 Å². The van der Waals surface area contributed by atoms with Gasteiger partial charge in [-0.1, -0.05) is 5.92 Å². The van der Waals surface area contributed by atoms with Crippen LogP contribution in [0.2, 0.25) is 0 Å². The highest BCUT2D eigenvalue weighted by Gasteiger charge is 2.27. The van der Waals surface area contributed by atoms with E-state index in [1.165, 1.54) is 33.5 Å². The van der Waals surface area contributed by atoms with Crippen molar-refractivity contribution in [1.82, 2.24) is 13.9 Å². The summed E-state index contributed by atoms with van der Waals surface area (Å²) in [6.07, 6.45) is 1.98. The molecule has 1 saturated heterocycles. The van der Waals surface area contributed by atoms with Crippen LogP contribution in [0.4, 0.5) is 0 Å². The molecule has 10 nitrogen and oxygen atoms in total. The lowest BCUT2D eigenvalue weighted by atomic mass is 10.3. The summed E-state index contributed by atoms with van der Waals surface area (Å²) in [4.78, 5) is 12.9. The van der Waals surface area contributed by atoms with Crippen molar-refractivity contribution in [3.8, 4) is 17.6 Å².